The molecule has 1 N–H and O–H groups in total. The Kier molecular flexibility index (Phi) is 4.81. The Morgan fingerprint density at radius 1 is 1.35 bits per heavy atom. The highest BCUT2D eigenvalue weighted by Gasteiger charge is 2.25. The van der Waals surface area contributed by atoms with Crippen molar-refractivity contribution in [3.8, 4) is 0 Å². The van der Waals surface area contributed by atoms with Crippen molar-refractivity contribution in [2.75, 3.05) is 20.1 Å². The van der Waals surface area contributed by atoms with Gasteiger partial charge in [0.15, 0.2) is 0 Å². The van der Waals surface area contributed by atoms with Gasteiger partial charge < -0.3 is 10.2 Å². The minimum Gasteiger partial charge on any atom is -0.349 e. The molecule has 2 rings (SSSR count). The van der Waals surface area contributed by atoms with Crippen molar-refractivity contribution >= 4 is 5.91 Å². The van der Waals surface area contributed by atoms with Gasteiger partial charge in [-0.05, 0) is 63.9 Å². The summed E-state index contributed by atoms with van der Waals surface area (Å²) in [5.74, 6) is 0.338. The van der Waals surface area contributed by atoms with Gasteiger partial charge >= 0.3 is 0 Å². The monoisotopic (exact) mass is 274 g/mol. The van der Waals surface area contributed by atoms with E-state index in [0.29, 0.717) is 0 Å². The molecule has 0 unspecified atom stereocenters. The summed E-state index contributed by atoms with van der Waals surface area (Å²) < 4.78 is 0. The van der Waals surface area contributed by atoms with Crippen LogP contribution >= 0.6 is 0 Å². The van der Waals surface area contributed by atoms with E-state index in [9.17, 15) is 4.79 Å². The number of carbonyl (C=O) groups excluding carboxylic acids is 1. The number of hydrogen-bond donors (Lipinski definition) is 1. The Balaban J connectivity index is 1.97. The molecule has 1 aliphatic rings. The topological polar surface area (TPSA) is 32.3 Å². The first kappa shape index (κ1) is 15.0. The maximum Gasteiger partial charge on any atom is 0.224 e. The first-order valence-corrected chi connectivity index (χ1v) is 7.53. The van der Waals surface area contributed by atoms with Crippen LogP contribution < -0.4 is 5.32 Å². The molecule has 3 heteroatoms. The van der Waals surface area contributed by atoms with E-state index in [0.717, 1.165) is 25.9 Å². The molecule has 1 aromatic carbocycles. The molecular formula is C17H26N2O. The number of piperidine rings is 1. The number of benzene rings is 1. The van der Waals surface area contributed by atoms with E-state index < -0.39 is 0 Å². The summed E-state index contributed by atoms with van der Waals surface area (Å²) >= 11 is 0. The Bertz CT molecular complexity index is 484. The van der Waals surface area contributed by atoms with Crippen LogP contribution in [0.5, 0.6) is 0 Å². The normalized spacial score (nSPS) is 21.5. The summed E-state index contributed by atoms with van der Waals surface area (Å²) in [4.78, 5) is 14.6. The van der Waals surface area contributed by atoms with Gasteiger partial charge in [0.05, 0.1) is 12.0 Å². The van der Waals surface area contributed by atoms with E-state index in [1.54, 1.807) is 0 Å². The lowest BCUT2D eigenvalue weighted by Crippen LogP contribution is -2.42. The van der Waals surface area contributed by atoms with Crippen molar-refractivity contribution in [2.45, 2.75) is 39.7 Å². The first-order valence-electron chi connectivity index (χ1n) is 7.53. The van der Waals surface area contributed by atoms with Gasteiger partial charge in [0, 0.05) is 6.54 Å². The summed E-state index contributed by atoms with van der Waals surface area (Å²) in [6.45, 7) is 8.28. The molecule has 110 valence electrons. The summed E-state index contributed by atoms with van der Waals surface area (Å²) in [5, 5.41) is 3.17. The quantitative estimate of drug-likeness (QED) is 0.919. The van der Waals surface area contributed by atoms with Crippen LogP contribution in [0.2, 0.25) is 0 Å². The highest BCUT2D eigenvalue weighted by atomic mass is 16.2. The molecule has 20 heavy (non-hydrogen) atoms. The van der Waals surface area contributed by atoms with Crippen LogP contribution in [0.15, 0.2) is 18.2 Å². The van der Waals surface area contributed by atoms with Crippen LogP contribution in [0, 0.1) is 19.8 Å². The maximum atomic E-state index is 12.3. The molecule has 0 saturated carbocycles. The summed E-state index contributed by atoms with van der Waals surface area (Å²) in [6, 6.07) is 6.49. The zero-order valence-corrected chi connectivity index (χ0v) is 13.1. The van der Waals surface area contributed by atoms with Crippen molar-refractivity contribution in [3.63, 3.8) is 0 Å². The van der Waals surface area contributed by atoms with Gasteiger partial charge in [0.25, 0.3) is 0 Å². The van der Waals surface area contributed by atoms with Crippen LogP contribution in [0.1, 0.15) is 42.5 Å². The Morgan fingerprint density at radius 3 is 2.75 bits per heavy atom. The van der Waals surface area contributed by atoms with Crippen molar-refractivity contribution in [1.29, 1.82) is 0 Å². The van der Waals surface area contributed by atoms with Crippen molar-refractivity contribution in [2.24, 2.45) is 5.92 Å². The second-order valence-corrected chi connectivity index (χ2v) is 6.18. The fourth-order valence-electron chi connectivity index (χ4n) is 2.83. The molecule has 1 aliphatic heterocycles. The van der Waals surface area contributed by atoms with E-state index in [-0.39, 0.29) is 17.9 Å². The standard InChI is InChI=1S/C17H26N2O/c1-12-7-8-15(10-13(12)2)14(3)18-17(20)16-6-5-9-19(4)11-16/h7-8,10,14,16H,5-6,9,11H2,1-4H3,(H,18,20)/t14-,16+/m1/s1. The lowest BCUT2D eigenvalue weighted by Gasteiger charge is -2.29. The number of nitrogens with one attached hydrogen (secondary N) is 1. The number of carbonyl (C=O) groups is 1. The first-order chi connectivity index (χ1) is 9.47. The van der Waals surface area contributed by atoms with E-state index >= 15 is 0 Å². The second kappa shape index (κ2) is 6.40. The van der Waals surface area contributed by atoms with Gasteiger partial charge in [0.2, 0.25) is 5.91 Å². The minimum absolute atomic E-state index is 0.0778. The average Bonchev–Trinajstić information content (AvgIpc) is 2.41. The highest BCUT2D eigenvalue weighted by molar-refractivity contribution is 5.79. The van der Waals surface area contributed by atoms with Gasteiger partial charge in [-0.2, -0.15) is 0 Å². The van der Waals surface area contributed by atoms with Crippen molar-refractivity contribution in [3.05, 3.63) is 34.9 Å². The largest absolute Gasteiger partial charge is 0.349 e. The molecule has 0 spiro atoms. The highest BCUT2D eigenvalue weighted by Crippen LogP contribution is 2.19. The van der Waals surface area contributed by atoms with E-state index in [4.69, 9.17) is 0 Å². The predicted octanol–water partition coefficient (Wildman–Crippen LogP) is 2.82. The fourth-order valence-corrected chi connectivity index (χ4v) is 2.83. The van der Waals surface area contributed by atoms with Crippen LogP contribution in [0.3, 0.4) is 0 Å². The smallest absolute Gasteiger partial charge is 0.224 e. The molecule has 1 amide bonds. The summed E-state index contributed by atoms with van der Waals surface area (Å²) in [6.07, 6.45) is 2.13. The Labute approximate surface area is 122 Å². The number of rotatable bonds is 3. The third-order valence-electron chi connectivity index (χ3n) is 4.39. The number of aryl methyl sites for hydroxylation is 2. The van der Waals surface area contributed by atoms with Gasteiger partial charge in [-0.15, -0.1) is 0 Å². The van der Waals surface area contributed by atoms with Crippen molar-refractivity contribution < 1.29 is 4.79 Å². The minimum atomic E-state index is 0.0778. The second-order valence-electron chi connectivity index (χ2n) is 6.18. The molecular weight excluding hydrogens is 248 g/mol. The fraction of sp³-hybridized carbons (Fsp3) is 0.588. The molecule has 0 radical (unpaired) electrons. The molecule has 1 heterocycles. The molecule has 2 atom stereocenters. The molecule has 0 aliphatic carbocycles. The van der Waals surface area contributed by atoms with Crippen LogP contribution in [-0.4, -0.2) is 30.9 Å². The predicted molar refractivity (Wildman–Crippen MR) is 82.7 cm³/mol. The van der Waals surface area contributed by atoms with Gasteiger partial charge in [-0.1, -0.05) is 18.2 Å². The molecule has 1 saturated heterocycles. The molecule has 0 aromatic heterocycles. The number of nitrogens with zero attached hydrogens (tertiary/aromatic N) is 1. The molecule has 3 nitrogen and oxygen atoms in total. The third kappa shape index (κ3) is 3.60. The van der Waals surface area contributed by atoms with Crippen LogP contribution in [-0.2, 0) is 4.79 Å². The lowest BCUT2D eigenvalue weighted by atomic mass is 9.96. The zero-order valence-electron chi connectivity index (χ0n) is 13.1. The third-order valence-corrected chi connectivity index (χ3v) is 4.39. The lowest BCUT2D eigenvalue weighted by molar-refractivity contribution is -0.127. The van der Waals surface area contributed by atoms with Gasteiger partial charge in [0.1, 0.15) is 0 Å². The van der Waals surface area contributed by atoms with Crippen molar-refractivity contribution in [1.82, 2.24) is 10.2 Å². The van der Waals surface area contributed by atoms with E-state index in [2.05, 4.69) is 56.2 Å². The molecule has 0 bridgehead atoms. The van der Waals surface area contributed by atoms with Gasteiger partial charge in [-0.25, -0.2) is 0 Å². The number of amides is 1. The average molecular weight is 274 g/mol. The van der Waals surface area contributed by atoms with Gasteiger partial charge in [-0.3, -0.25) is 4.79 Å². The zero-order chi connectivity index (χ0) is 14.7. The number of hydrogen-bond acceptors (Lipinski definition) is 2. The Hall–Kier alpha value is -1.35. The van der Waals surface area contributed by atoms with E-state index in [1.165, 1.54) is 16.7 Å². The van der Waals surface area contributed by atoms with Crippen LogP contribution in [0.4, 0.5) is 0 Å². The maximum absolute atomic E-state index is 12.3. The molecule has 1 fully saturated rings. The van der Waals surface area contributed by atoms with Crippen LogP contribution in [0.25, 0.3) is 0 Å². The Morgan fingerprint density at radius 2 is 2.10 bits per heavy atom. The number of likely N-dealkylation sites (tertiary alicyclic amines) is 1. The summed E-state index contributed by atoms with van der Waals surface area (Å²) in [7, 11) is 2.09. The SMILES string of the molecule is Cc1ccc([C@@H](C)NC(=O)[C@H]2CCCN(C)C2)cc1C. The molecule has 1 aromatic rings. The van der Waals surface area contributed by atoms with E-state index in [1.807, 2.05) is 0 Å². The summed E-state index contributed by atoms with van der Waals surface area (Å²) in [5.41, 5.74) is 3.76.